The third-order valence-electron chi connectivity index (χ3n) is 4.64. The largest absolute Gasteiger partial charge is 0.497 e. The molecule has 0 spiro atoms. The first kappa shape index (κ1) is 17.2. The summed E-state index contributed by atoms with van der Waals surface area (Å²) < 4.78 is 12.5. The Kier molecular flexibility index (Phi) is 4.73. The number of nitrogens with zero attached hydrogens (tertiary/aromatic N) is 4. The van der Waals surface area contributed by atoms with Gasteiger partial charge in [0.15, 0.2) is 0 Å². The second-order valence-corrected chi connectivity index (χ2v) is 7.33. The first-order chi connectivity index (χ1) is 12.7. The number of amides is 1. The number of hydrogen-bond acceptors (Lipinski definition) is 7. The lowest BCUT2D eigenvalue weighted by Gasteiger charge is -2.37. The number of rotatable bonds is 3. The Morgan fingerprint density at radius 3 is 2.69 bits per heavy atom. The van der Waals surface area contributed by atoms with Crippen molar-refractivity contribution in [2.45, 2.75) is 23.4 Å². The van der Waals surface area contributed by atoms with Gasteiger partial charge in [0.25, 0.3) is 0 Å². The molecule has 26 heavy (non-hydrogen) atoms. The van der Waals surface area contributed by atoms with Gasteiger partial charge in [-0.2, -0.15) is 0 Å². The Morgan fingerprint density at radius 2 is 2.00 bits per heavy atom. The number of carbonyl (C=O) groups is 1. The van der Waals surface area contributed by atoms with Crippen molar-refractivity contribution in [2.24, 2.45) is 0 Å². The number of aromatic nitrogens is 3. The molecule has 1 fully saturated rings. The molecule has 2 aliphatic heterocycles. The number of ether oxygens (including phenoxy) is 2. The van der Waals surface area contributed by atoms with Gasteiger partial charge in [-0.25, -0.2) is 4.68 Å². The molecule has 0 radical (unpaired) electrons. The molecule has 4 rings (SSSR count). The maximum absolute atomic E-state index is 13.2. The second-order valence-electron chi connectivity index (χ2n) is 6.22. The molecule has 2 aliphatic rings. The van der Waals surface area contributed by atoms with Crippen molar-refractivity contribution in [3.05, 3.63) is 35.7 Å². The van der Waals surface area contributed by atoms with Crippen LogP contribution in [0.3, 0.4) is 0 Å². The Labute approximate surface area is 155 Å². The molecule has 2 aromatic rings. The van der Waals surface area contributed by atoms with Crippen LogP contribution < -0.4 is 10.2 Å². The minimum absolute atomic E-state index is 0.0959. The van der Waals surface area contributed by atoms with E-state index in [0.29, 0.717) is 31.5 Å². The fourth-order valence-electron chi connectivity index (χ4n) is 3.17. The van der Waals surface area contributed by atoms with Crippen LogP contribution in [-0.4, -0.2) is 64.3 Å². The zero-order chi connectivity index (χ0) is 18.1. The molecule has 138 valence electrons. The van der Waals surface area contributed by atoms with Crippen LogP contribution in [0.4, 0.5) is 0 Å². The van der Waals surface area contributed by atoms with Gasteiger partial charge in [-0.05, 0) is 24.6 Å². The second kappa shape index (κ2) is 7.16. The summed E-state index contributed by atoms with van der Waals surface area (Å²) >= 11 is 1.46. The van der Waals surface area contributed by atoms with Crippen molar-refractivity contribution >= 4 is 17.7 Å². The highest BCUT2D eigenvalue weighted by Crippen LogP contribution is 2.38. The number of morpholine rings is 1. The van der Waals surface area contributed by atoms with E-state index in [4.69, 9.17) is 9.47 Å². The fourth-order valence-corrected chi connectivity index (χ4v) is 4.38. The van der Waals surface area contributed by atoms with Gasteiger partial charge in [-0.1, -0.05) is 23.9 Å². The molecular weight excluding hydrogens is 354 g/mol. The van der Waals surface area contributed by atoms with Gasteiger partial charge in [0.05, 0.1) is 26.4 Å². The van der Waals surface area contributed by atoms with E-state index in [1.54, 1.807) is 7.11 Å². The van der Waals surface area contributed by atoms with E-state index < -0.39 is 0 Å². The fraction of sp³-hybridized carbons (Fsp3) is 0.471. The lowest BCUT2D eigenvalue weighted by atomic mass is 10.0. The Morgan fingerprint density at radius 1 is 1.27 bits per heavy atom. The van der Waals surface area contributed by atoms with Crippen molar-refractivity contribution in [1.82, 2.24) is 19.8 Å². The predicted molar refractivity (Wildman–Crippen MR) is 96.9 cm³/mol. The molecule has 0 unspecified atom stereocenters. The maximum atomic E-state index is 13.2. The van der Waals surface area contributed by atoms with Crippen LogP contribution >= 0.6 is 11.8 Å². The van der Waals surface area contributed by atoms with Crippen LogP contribution in [0.1, 0.15) is 17.4 Å². The molecule has 0 bridgehead atoms. The highest BCUT2D eigenvalue weighted by molar-refractivity contribution is 8.00. The lowest BCUT2D eigenvalue weighted by Crippen LogP contribution is -2.49. The van der Waals surface area contributed by atoms with Gasteiger partial charge in [-0.15, -0.1) is 10.2 Å². The minimum atomic E-state index is -0.322. The molecule has 8 nitrogen and oxygen atoms in total. The zero-order valence-electron chi connectivity index (χ0n) is 14.7. The number of fused-ring (bicyclic) bond motifs is 1. The van der Waals surface area contributed by atoms with Crippen molar-refractivity contribution < 1.29 is 14.3 Å². The molecule has 1 aromatic heterocycles. The molecule has 1 saturated heterocycles. The molecule has 1 aromatic carbocycles. The van der Waals surface area contributed by atoms with Crippen molar-refractivity contribution in [1.29, 1.82) is 0 Å². The Hall–Kier alpha value is -2.26. The quantitative estimate of drug-likeness (QED) is 0.864. The molecule has 9 heteroatoms. The summed E-state index contributed by atoms with van der Waals surface area (Å²) in [7, 11) is 1.64. The number of hydrogen-bond donors (Lipinski definition) is 1. The maximum Gasteiger partial charge on any atom is 0.238 e. The first-order valence-electron chi connectivity index (χ1n) is 8.53. The van der Waals surface area contributed by atoms with Crippen LogP contribution in [0, 0.1) is 6.92 Å². The number of aryl methyl sites for hydroxylation is 1. The van der Waals surface area contributed by atoms with E-state index in [9.17, 15) is 4.79 Å². The molecule has 1 N–H and O–H groups in total. The summed E-state index contributed by atoms with van der Waals surface area (Å²) in [4.78, 5) is 15.1. The van der Waals surface area contributed by atoms with Gasteiger partial charge >= 0.3 is 0 Å². The number of benzene rings is 1. The SMILES string of the molecule is COc1ccc([C@H]2Nn3c(C)nnc3S[C@@H]2C(=O)N2CCOCC2)cc1. The molecule has 1 amide bonds. The predicted octanol–water partition coefficient (Wildman–Crippen LogP) is 1.21. The zero-order valence-corrected chi connectivity index (χ0v) is 15.5. The third kappa shape index (κ3) is 3.12. The normalized spacial score (nSPS) is 22.5. The topological polar surface area (TPSA) is 81.5 Å². The van der Waals surface area contributed by atoms with Crippen molar-refractivity contribution in [3.8, 4) is 5.75 Å². The van der Waals surface area contributed by atoms with Crippen molar-refractivity contribution in [2.75, 3.05) is 38.8 Å². The summed E-state index contributed by atoms with van der Waals surface area (Å²) in [5.74, 6) is 1.65. The number of thioether (sulfide) groups is 1. The Bertz CT molecular complexity index is 788. The van der Waals surface area contributed by atoms with Gasteiger partial charge in [-0.3, -0.25) is 4.79 Å². The molecule has 0 aliphatic carbocycles. The number of methoxy groups -OCH3 is 1. The average Bonchev–Trinajstić information content (AvgIpc) is 3.07. The summed E-state index contributed by atoms with van der Waals surface area (Å²) in [5.41, 5.74) is 4.44. The van der Waals surface area contributed by atoms with E-state index >= 15 is 0 Å². The highest BCUT2D eigenvalue weighted by Gasteiger charge is 2.39. The van der Waals surface area contributed by atoms with E-state index in [0.717, 1.165) is 17.1 Å². The lowest BCUT2D eigenvalue weighted by molar-refractivity contribution is -0.135. The summed E-state index contributed by atoms with van der Waals surface area (Å²) in [6.07, 6.45) is 0. The molecule has 0 saturated carbocycles. The van der Waals surface area contributed by atoms with E-state index in [1.807, 2.05) is 40.8 Å². The average molecular weight is 375 g/mol. The van der Waals surface area contributed by atoms with Crippen LogP contribution in [0.5, 0.6) is 5.75 Å². The standard InChI is InChI=1S/C17H21N5O3S/c1-11-18-19-17-22(11)20-14(12-3-5-13(24-2)6-4-12)15(26-17)16(23)21-7-9-25-10-8-21/h3-6,14-15,20H,7-10H2,1-2H3/t14-,15+/m1/s1. The summed E-state index contributed by atoms with van der Waals surface area (Å²) in [5, 5.41) is 8.70. The van der Waals surface area contributed by atoms with Gasteiger partial charge < -0.3 is 19.8 Å². The Balaban J connectivity index is 1.66. The summed E-state index contributed by atoms with van der Waals surface area (Å²) in [6.45, 7) is 4.30. The van der Waals surface area contributed by atoms with Crippen LogP contribution in [0.15, 0.2) is 29.4 Å². The number of nitrogens with one attached hydrogen (secondary N) is 1. The van der Waals surface area contributed by atoms with Gasteiger partial charge in [0, 0.05) is 13.1 Å². The third-order valence-corrected chi connectivity index (χ3v) is 5.84. The van der Waals surface area contributed by atoms with Crippen molar-refractivity contribution in [3.63, 3.8) is 0 Å². The molecular formula is C17H21N5O3S. The molecule has 3 heterocycles. The van der Waals surface area contributed by atoms with Gasteiger partial charge in [0.2, 0.25) is 11.1 Å². The van der Waals surface area contributed by atoms with Gasteiger partial charge in [0.1, 0.15) is 16.8 Å². The smallest absolute Gasteiger partial charge is 0.238 e. The van der Waals surface area contributed by atoms with E-state index in [-0.39, 0.29) is 17.2 Å². The van der Waals surface area contributed by atoms with Crippen LogP contribution in [0.25, 0.3) is 0 Å². The minimum Gasteiger partial charge on any atom is -0.497 e. The first-order valence-corrected chi connectivity index (χ1v) is 9.41. The van der Waals surface area contributed by atoms with Crippen LogP contribution in [-0.2, 0) is 9.53 Å². The monoisotopic (exact) mass is 375 g/mol. The van der Waals surface area contributed by atoms with E-state index in [2.05, 4.69) is 15.6 Å². The highest BCUT2D eigenvalue weighted by atomic mass is 32.2. The number of carbonyl (C=O) groups excluding carboxylic acids is 1. The van der Waals surface area contributed by atoms with Crippen LogP contribution in [0.2, 0.25) is 0 Å². The summed E-state index contributed by atoms with van der Waals surface area (Å²) in [6, 6.07) is 7.60. The van der Waals surface area contributed by atoms with E-state index in [1.165, 1.54) is 11.8 Å². The molecule has 2 atom stereocenters.